The van der Waals surface area contributed by atoms with Gasteiger partial charge in [-0.25, -0.2) is 8.78 Å². The van der Waals surface area contributed by atoms with Gasteiger partial charge in [0.1, 0.15) is 5.69 Å². The summed E-state index contributed by atoms with van der Waals surface area (Å²) in [7, 11) is 0. The van der Waals surface area contributed by atoms with Crippen LogP contribution in [0.1, 0.15) is 20.3 Å². The molecule has 2 rings (SSSR count). The Hall–Kier alpha value is -1.72. The summed E-state index contributed by atoms with van der Waals surface area (Å²) in [5, 5.41) is 10.6. The summed E-state index contributed by atoms with van der Waals surface area (Å²) in [6, 6.07) is 1.56. The van der Waals surface area contributed by atoms with Crippen LogP contribution in [0, 0.1) is 33.6 Å². The van der Waals surface area contributed by atoms with E-state index in [-0.39, 0.29) is 5.69 Å². The molecule has 0 N–H and O–H groups in total. The lowest BCUT2D eigenvalue weighted by atomic mass is 9.91. The topological polar surface area (TPSA) is 46.4 Å². The molecule has 1 saturated heterocycles. The van der Waals surface area contributed by atoms with Gasteiger partial charge in [0.2, 0.25) is 0 Å². The number of rotatable bonds is 2. The van der Waals surface area contributed by atoms with E-state index in [1.165, 1.54) is 0 Å². The van der Waals surface area contributed by atoms with Gasteiger partial charge in [0.05, 0.1) is 17.1 Å². The second-order valence-corrected chi connectivity index (χ2v) is 5.37. The number of hydrogen-bond acceptors (Lipinski definition) is 3. The van der Waals surface area contributed by atoms with Crippen LogP contribution in [0.3, 0.4) is 0 Å². The molecular weight excluding hydrogens is 254 g/mol. The van der Waals surface area contributed by atoms with E-state index in [0.717, 1.165) is 18.6 Å². The van der Waals surface area contributed by atoms with Gasteiger partial charge in [0, 0.05) is 13.1 Å². The number of nitro groups is 1. The van der Waals surface area contributed by atoms with Gasteiger partial charge >= 0.3 is 0 Å². The number of nitrogens with zero attached hydrogens (tertiary/aromatic N) is 2. The molecule has 1 aromatic carbocycles. The molecule has 0 spiro atoms. The minimum Gasteiger partial charge on any atom is -0.366 e. The zero-order valence-electron chi connectivity index (χ0n) is 10.9. The van der Waals surface area contributed by atoms with Gasteiger partial charge in [-0.1, -0.05) is 13.8 Å². The van der Waals surface area contributed by atoms with Gasteiger partial charge in [-0.05, 0) is 18.3 Å². The van der Waals surface area contributed by atoms with Gasteiger partial charge in [-0.2, -0.15) is 0 Å². The molecule has 104 valence electrons. The first-order chi connectivity index (χ1) is 8.88. The van der Waals surface area contributed by atoms with Gasteiger partial charge in [0.15, 0.2) is 11.6 Å². The number of hydrogen-bond donors (Lipinski definition) is 0. The van der Waals surface area contributed by atoms with Crippen molar-refractivity contribution in [1.82, 2.24) is 0 Å². The van der Waals surface area contributed by atoms with Crippen LogP contribution in [0.5, 0.6) is 0 Å². The van der Waals surface area contributed by atoms with Crippen molar-refractivity contribution < 1.29 is 13.7 Å². The van der Waals surface area contributed by atoms with Crippen molar-refractivity contribution >= 4 is 11.4 Å². The van der Waals surface area contributed by atoms with Crippen molar-refractivity contribution in [2.24, 2.45) is 11.8 Å². The Morgan fingerprint density at radius 1 is 1.21 bits per heavy atom. The molecule has 0 aromatic heterocycles. The van der Waals surface area contributed by atoms with E-state index in [4.69, 9.17) is 0 Å². The van der Waals surface area contributed by atoms with Gasteiger partial charge in [-0.3, -0.25) is 10.1 Å². The highest BCUT2D eigenvalue weighted by Crippen LogP contribution is 2.32. The molecule has 2 atom stereocenters. The van der Waals surface area contributed by atoms with E-state index in [0.29, 0.717) is 24.9 Å². The van der Waals surface area contributed by atoms with E-state index in [9.17, 15) is 18.9 Å². The Labute approximate surface area is 110 Å². The Balaban J connectivity index is 2.37. The van der Waals surface area contributed by atoms with Crippen LogP contribution in [0.4, 0.5) is 20.2 Å². The SMILES string of the molecule is C[C@H]1C[C@H](C)CN(c2c(F)cc([N+](=O)[O-])cc2F)C1. The molecule has 1 aromatic rings. The molecule has 1 aliphatic heterocycles. The molecule has 0 amide bonds. The molecule has 0 bridgehead atoms. The highest BCUT2D eigenvalue weighted by molar-refractivity contribution is 5.54. The van der Waals surface area contributed by atoms with E-state index in [1.807, 2.05) is 13.8 Å². The highest BCUT2D eigenvalue weighted by Gasteiger charge is 2.27. The van der Waals surface area contributed by atoms with Gasteiger partial charge < -0.3 is 4.90 Å². The Morgan fingerprint density at radius 3 is 2.11 bits per heavy atom. The molecule has 1 fully saturated rings. The third-order valence-corrected chi connectivity index (χ3v) is 3.40. The zero-order chi connectivity index (χ0) is 14.2. The molecule has 4 nitrogen and oxygen atoms in total. The largest absolute Gasteiger partial charge is 0.366 e. The first kappa shape index (κ1) is 13.7. The second-order valence-electron chi connectivity index (χ2n) is 5.37. The molecular formula is C13H16F2N2O2. The smallest absolute Gasteiger partial charge is 0.275 e. The molecule has 1 aliphatic rings. The summed E-state index contributed by atoms with van der Waals surface area (Å²) >= 11 is 0. The summed E-state index contributed by atoms with van der Waals surface area (Å²) < 4.78 is 27.8. The maximum absolute atomic E-state index is 13.9. The van der Waals surface area contributed by atoms with Crippen LogP contribution in [0.15, 0.2) is 12.1 Å². The lowest BCUT2D eigenvalue weighted by Crippen LogP contribution is -2.39. The average molecular weight is 270 g/mol. The number of nitro benzene ring substituents is 1. The molecule has 1 heterocycles. The van der Waals surface area contributed by atoms with Crippen molar-refractivity contribution in [2.75, 3.05) is 18.0 Å². The van der Waals surface area contributed by atoms with Crippen LogP contribution in [0.2, 0.25) is 0 Å². The van der Waals surface area contributed by atoms with Crippen molar-refractivity contribution in [1.29, 1.82) is 0 Å². The van der Waals surface area contributed by atoms with Crippen LogP contribution >= 0.6 is 0 Å². The molecule has 0 radical (unpaired) electrons. The summed E-state index contributed by atoms with van der Waals surface area (Å²) in [4.78, 5) is 11.4. The fraction of sp³-hybridized carbons (Fsp3) is 0.538. The number of piperidine rings is 1. The van der Waals surface area contributed by atoms with Crippen LogP contribution < -0.4 is 4.90 Å². The molecule has 0 unspecified atom stereocenters. The van der Waals surface area contributed by atoms with E-state index in [1.54, 1.807) is 4.90 Å². The monoisotopic (exact) mass is 270 g/mol. The fourth-order valence-electron chi connectivity index (χ4n) is 2.81. The highest BCUT2D eigenvalue weighted by atomic mass is 19.1. The van der Waals surface area contributed by atoms with Crippen molar-refractivity contribution in [2.45, 2.75) is 20.3 Å². The Kier molecular flexibility index (Phi) is 3.68. The maximum atomic E-state index is 13.9. The zero-order valence-corrected chi connectivity index (χ0v) is 10.9. The first-order valence-electron chi connectivity index (χ1n) is 6.27. The second kappa shape index (κ2) is 5.11. The Morgan fingerprint density at radius 2 is 1.68 bits per heavy atom. The molecule has 0 saturated carbocycles. The summed E-state index contributed by atoms with van der Waals surface area (Å²) in [6.45, 7) is 5.19. The predicted molar refractivity (Wildman–Crippen MR) is 68.2 cm³/mol. The van der Waals surface area contributed by atoms with Gasteiger partial charge in [-0.15, -0.1) is 0 Å². The van der Waals surface area contributed by atoms with E-state index in [2.05, 4.69) is 0 Å². The quantitative estimate of drug-likeness (QED) is 0.611. The van der Waals surface area contributed by atoms with E-state index < -0.39 is 22.2 Å². The number of halogens is 2. The van der Waals surface area contributed by atoms with E-state index >= 15 is 0 Å². The number of anilines is 1. The number of non-ortho nitro benzene ring substituents is 1. The predicted octanol–water partition coefficient (Wildman–Crippen LogP) is 3.36. The Bertz CT molecular complexity index is 474. The summed E-state index contributed by atoms with van der Waals surface area (Å²) in [5.41, 5.74) is -0.708. The molecule has 19 heavy (non-hydrogen) atoms. The summed E-state index contributed by atoms with van der Waals surface area (Å²) in [5.74, 6) is -1.04. The maximum Gasteiger partial charge on any atom is 0.275 e. The standard InChI is InChI=1S/C13H16F2N2O2/c1-8-3-9(2)7-16(6-8)13-11(14)4-10(17(18)19)5-12(13)15/h4-5,8-9H,3,6-7H2,1-2H3/t8-,9-/m0/s1. The molecule has 6 heteroatoms. The minimum absolute atomic E-state index is 0.149. The van der Waals surface area contributed by atoms with Crippen LogP contribution in [-0.4, -0.2) is 18.0 Å². The third-order valence-electron chi connectivity index (χ3n) is 3.40. The lowest BCUT2D eigenvalue weighted by molar-refractivity contribution is -0.385. The first-order valence-corrected chi connectivity index (χ1v) is 6.27. The van der Waals surface area contributed by atoms with Gasteiger partial charge in [0.25, 0.3) is 5.69 Å². The van der Waals surface area contributed by atoms with Crippen LogP contribution in [0.25, 0.3) is 0 Å². The lowest BCUT2D eigenvalue weighted by Gasteiger charge is -2.36. The van der Waals surface area contributed by atoms with Crippen molar-refractivity contribution in [3.05, 3.63) is 33.9 Å². The average Bonchev–Trinajstić information content (AvgIpc) is 2.26. The minimum atomic E-state index is -0.868. The van der Waals surface area contributed by atoms with Crippen LogP contribution in [-0.2, 0) is 0 Å². The number of benzene rings is 1. The third kappa shape index (κ3) is 2.83. The fourth-order valence-corrected chi connectivity index (χ4v) is 2.81. The van der Waals surface area contributed by atoms with Crippen molar-refractivity contribution in [3.8, 4) is 0 Å². The normalized spacial score (nSPS) is 23.5. The molecule has 0 aliphatic carbocycles. The van der Waals surface area contributed by atoms with Crippen molar-refractivity contribution in [3.63, 3.8) is 0 Å². The summed E-state index contributed by atoms with van der Waals surface area (Å²) in [6.07, 6.45) is 1.02.